The maximum atomic E-state index is 12.8. The molecule has 0 aromatic heterocycles. The van der Waals surface area contributed by atoms with Gasteiger partial charge in [0.05, 0.1) is 5.56 Å². The molecular formula is C28H41NO2. The van der Waals surface area contributed by atoms with Gasteiger partial charge >= 0.3 is 5.97 Å². The summed E-state index contributed by atoms with van der Waals surface area (Å²) in [4.78, 5) is 12.8. The highest BCUT2D eigenvalue weighted by molar-refractivity contribution is 5.91. The van der Waals surface area contributed by atoms with E-state index in [0.29, 0.717) is 17.0 Å². The molecule has 4 bridgehead atoms. The van der Waals surface area contributed by atoms with E-state index in [4.69, 9.17) is 4.74 Å². The van der Waals surface area contributed by atoms with Crippen LogP contribution in [0.2, 0.25) is 0 Å². The summed E-state index contributed by atoms with van der Waals surface area (Å²) in [5.74, 6) is 2.71. The van der Waals surface area contributed by atoms with E-state index in [-0.39, 0.29) is 5.97 Å². The minimum absolute atomic E-state index is 0.208. The lowest BCUT2D eigenvalue weighted by molar-refractivity contribution is -0.0521. The monoisotopic (exact) mass is 423 g/mol. The first-order chi connectivity index (χ1) is 14.8. The molecule has 0 amide bonds. The molecule has 0 heterocycles. The van der Waals surface area contributed by atoms with Gasteiger partial charge in [0.15, 0.2) is 0 Å². The Bertz CT molecular complexity index is 780. The van der Waals surface area contributed by atoms with Crippen LogP contribution in [-0.4, -0.2) is 17.6 Å². The molecule has 0 unspecified atom stereocenters. The summed E-state index contributed by atoms with van der Waals surface area (Å²) < 4.78 is 5.68. The topological polar surface area (TPSA) is 38.3 Å². The lowest BCUT2D eigenvalue weighted by atomic mass is 9.48. The fourth-order valence-electron chi connectivity index (χ4n) is 7.71. The number of anilines is 1. The molecule has 0 saturated heterocycles. The van der Waals surface area contributed by atoms with Gasteiger partial charge in [-0.05, 0) is 119 Å². The van der Waals surface area contributed by atoms with Crippen LogP contribution in [0.4, 0.5) is 5.69 Å². The third kappa shape index (κ3) is 4.81. The molecule has 5 aliphatic carbocycles. The number of esters is 1. The van der Waals surface area contributed by atoms with Crippen LogP contribution < -0.4 is 5.32 Å². The van der Waals surface area contributed by atoms with E-state index in [1.807, 2.05) is 26.8 Å². The molecule has 1 N–H and O–H groups in total. The Morgan fingerprint density at radius 1 is 1.00 bits per heavy atom. The minimum atomic E-state index is -0.466. The number of carbonyl (C=O) groups is 1. The van der Waals surface area contributed by atoms with Crippen LogP contribution in [0.15, 0.2) is 18.2 Å². The van der Waals surface area contributed by atoms with E-state index >= 15 is 0 Å². The number of ether oxygens (including phenoxy) is 1. The smallest absolute Gasteiger partial charge is 0.338 e. The first-order valence-electron chi connectivity index (χ1n) is 12.9. The highest BCUT2D eigenvalue weighted by Crippen LogP contribution is 2.61. The fraction of sp³-hybridized carbons (Fsp3) is 0.750. The maximum absolute atomic E-state index is 12.8. The van der Waals surface area contributed by atoms with E-state index in [9.17, 15) is 4.79 Å². The van der Waals surface area contributed by atoms with Crippen molar-refractivity contribution in [3.8, 4) is 0 Å². The van der Waals surface area contributed by atoms with Gasteiger partial charge in [-0.3, -0.25) is 0 Å². The molecule has 0 aliphatic heterocycles. The zero-order valence-electron chi connectivity index (χ0n) is 19.8. The van der Waals surface area contributed by atoms with Crippen molar-refractivity contribution in [2.45, 2.75) is 109 Å². The van der Waals surface area contributed by atoms with Crippen LogP contribution in [0, 0.1) is 23.2 Å². The van der Waals surface area contributed by atoms with Crippen molar-refractivity contribution in [2.24, 2.45) is 23.2 Å². The van der Waals surface area contributed by atoms with E-state index in [2.05, 4.69) is 17.4 Å². The van der Waals surface area contributed by atoms with Gasteiger partial charge in [-0.2, -0.15) is 0 Å². The number of benzene rings is 1. The first-order valence-corrected chi connectivity index (χ1v) is 12.9. The standard InChI is InChI=1S/C28H41NO2/c1-27(2,3)31-26(30)22-9-10-23(25(14-22)29-24-7-5-4-6-8-24)18-28-15-19-11-20(16-28)13-21(12-19)17-28/h9-10,14,19-21,24,29H,4-8,11-13,15-18H2,1-3H3. The van der Waals surface area contributed by atoms with E-state index in [1.54, 1.807) is 0 Å². The van der Waals surface area contributed by atoms with Crippen LogP contribution in [0.3, 0.4) is 0 Å². The van der Waals surface area contributed by atoms with Crippen molar-refractivity contribution in [2.75, 3.05) is 5.32 Å². The number of rotatable bonds is 5. The highest BCUT2D eigenvalue weighted by atomic mass is 16.6. The second kappa shape index (κ2) is 8.12. The highest BCUT2D eigenvalue weighted by Gasteiger charge is 2.50. The summed E-state index contributed by atoms with van der Waals surface area (Å²) in [5, 5.41) is 3.88. The number of nitrogens with one attached hydrogen (secondary N) is 1. The van der Waals surface area contributed by atoms with Gasteiger partial charge in [0.25, 0.3) is 0 Å². The van der Waals surface area contributed by atoms with Gasteiger partial charge in [-0.1, -0.05) is 25.3 Å². The Hall–Kier alpha value is -1.51. The predicted molar refractivity (Wildman–Crippen MR) is 126 cm³/mol. The van der Waals surface area contributed by atoms with Gasteiger partial charge in [-0.25, -0.2) is 4.79 Å². The van der Waals surface area contributed by atoms with Crippen molar-refractivity contribution >= 4 is 11.7 Å². The second-order valence-electron chi connectivity index (χ2n) is 12.4. The zero-order valence-corrected chi connectivity index (χ0v) is 19.8. The van der Waals surface area contributed by atoms with Crippen molar-refractivity contribution in [3.05, 3.63) is 29.3 Å². The molecular weight excluding hydrogens is 382 g/mol. The summed E-state index contributed by atoms with van der Waals surface area (Å²) in [7, 11) is 0. The van der Waals surface area contributed by atoms with Crippen molar-refractivity contribution in [1.82, 2.24) is 0 Å². The minimum Gasteiger partial charge on any atom is -0.456 e. The Labute approximate surface area is 188 Å². The van der Waals surface area contributed by atoms with Gasteiger partial charge in [0.1, 0.15) is 5.60 Å². The first kappa shape index (κ1) is 21.3. The van der Waals surface area contributed by atoms with Crippen LogP contribution in [0.5, 0.6) is 0 Å². The lowest BCUT2D eigenvalue weighted by Gasteiger charge is -2.57. The Morgan fingerprint density at radius 2 is 1.61 bits per heavy atom. The SMILES string of the molecule is CC(C)(C)OC(=O)c1ccc(CC23CC4CC(CC(C4)C2)C3)c(NC2CCCCC2)c1. The molecule has 1 aromatic carbocycles. The van der Waals surface area contributed by atoms with Crippen LogP contribution in [-0.2, 0) is 11.2 Å². The van der Waals surface area contributed by atoms with Crippen molar-refractivity contribution in [1.29, 1.82) is 0 Å². The van der Waals surface area contributed by atoms with Crippen LogP contribution >= 0.6 is 0 Å². The van der Waals surface area contributed by atoms with Gasteiger partial charge in [-0.15, -0.1) is 0 Å². The maximum Gasteiger partial charge on any atom is 0.338 e. The quantitative estimate of drug-likeness (QED) is 0.511. The normalized spacial score (nSPS) is 32.8. The summed E-state index contributed by atoms with van der Waals surface area (Å²) >= 11 is 0. The lowest BCUT2D eigenvalue weighted by Crippen LogP contribution is -2.47. The van der Waals surface area contributed by atoms with Gasteiger partial charge in [0.2, 0.25) is 0 Å². The summed E-state index contributed by atoms with van der Waals surface area (Å²) in [6, 6.07) is 6.88. The Kier molecular flexibility index (Phi) is 5.59. The van der Waals surface area contributed by atoms with Gasteiger partial charge < -0.3 is 10.1 Å². The fourth-order valence-corrected chi connectivity index (χ4v) is 7.71. The number of carbonyl (C=O) groups excluding carboxylic acids is 1. The molecule has 0 spiro atoms. The average molecular weight is 424 g/mol. The van der Waals surface area contributed by atoms with Crippen molar-refractivity contribution < 1.29 is 9.53 Å². The van der Waals surface area contributed by atoms with E-state index in [0.717, 1.165) is 17.8 Å². The molecule has 1 aromatic rings. The molecule has 0 radical (unpaired) electrons. The molecule has 0 atom stereocenters. The van der Waals surface area contributed by atoms with Crippen molar-refractivity contribution in [3.63, 3.8) is 0 Å². The molecule has 5 fully saturated rings. The molecule has 5 saturated carbocycles. The zero-order chi connectivity index (χ0) is 21.6. The molecule has 6 rings (SSSR count). The average Bonchev–Trinajstić information content (AvgIpc) is 2.67. The Morgan fingerprint density at radius 3 is 2.19 bits per heavy atom. The number of hydrogen-bond acceptors (Lipinski definition) is 3. The second-order valence-corrected chi connectivity index (χ2v) is 12.4. The number of hydrogen-bond donors (Lipinski definition) is 1. The van der Waals surface area contributed by atoms with Crippen LogP contribution in [0.1, 0.15) is 107 Å². The summed E-state index contributed by atoms with van der Waals surface area (Å²) in [5.41, 5.74) is 3.35. The summed E-state index contributed by atoms with van der Waals surface area (Å²) in [6.45, 7) is 5.81. The van der Waals surface area contributed by atoms with E-state index < -0.39 is 5.60 Å². The third-order valence-corrected chi connectivity index (χ3v) is 8.44. The predicted octanol–water partition coefficient (Wildman–Crippen LogP) is 7.15. The molecule has 3 nitrogen and oxygen atoms in total. The molecule has 31 heavy (non-hydrogen) atoms. The molecule has 170 valence electrons. The Balaban J connectivity index is 1.40. The largest absolute Gasteiger partial charge is 0.456 e. The third-order valence-electron chi connectivity index (χ3n) is 8.44. The van der Waals surface area contributed by atoms with Crippen LogP contribution in [0.25, 0.3) is 0 Å². The molecule has 5 aliphatic rings. The molecule has 3 heteroatoms. The van der Waals surface area contributed by atoms with Gasteiger partial charge in [0, 0.05) is 11.7 Å². The van der Waals surface area contributed by atoms with E-state index in [1.165, 1.54) is 88.3 Å². The summed E-state index contributed by atoms with van der Waals surface area (Å²) in [6.07, 6.45) is 16.4.